The number of rotatable bonds is 3. The average molecular weight is 219 g/mol. The van der Waals surface area contributed by atoms with E-state index in [1.54, 1.807) is 0 Å². The zero-order valence-corrected chi connectivity index (χ0v) is 10.5. The molecule has 0 bridgehead atoms. The maximum atomic E-state index is 6.30. The minimum absolute atomic E-state index is 0.872. The number of hydrogen-bond acceptors (Lipinski definition) is 2. The molecule has 11 heavy (non-hydrogen) atoms. The van der Waals surface area contributed by atoms with Crippen LogP contribution < -0.4 is 4.83 Å². The van der Waals surface area contributed by atoms with Crippen LogP contribution in [0.25, 0.3) is 0 Å². The lowest BCUT2D eigenvalue weighted by Crippen LogP contribution is -2.33. The lowest BCUT2D eigenvalue weighted by molar-refractivity contribution is 0.383. The second-order valence-corrected chi connectivity index (χ2v) is 16.1. The zero-order valence-electron chi connectivity index (χ0n) is 8.14. The van der Waals surface area contributed by atoms with Gasteiger partial charge in [0.1, 0.15) is 0 Å². The van der Waals surface area contributed by atoms with Crippen molar-refractivity contribution in [3.8, 4) is 0 Å². The monoisotopic (exact) mass is 218 g/mol. The number of hydrogen-bond donors (Lipinski definition) is 1. The molecule has 0 amide bonds. The molecule has 0 saturated carbocycles. The van der Waals surface area contributed by atoms with Crippen molar-refractivity contribution in [2.24, 2.45) is 0 Å². The number of nitrogens with zero attached hydrogens (tertiary/aromatic N) is 1. The van der Waals surface area contributed by atoms with Gasteiger partial charge in [-0.05, 0) is 25.0 Å². The average Bonchev–Trinajstić information content (AvgIpc) is 1.56. The molecule has 0 rings (SSSR count). The molecule has 0 aliphatic rings. The summed E-state index contributed by atoms with van der Waals surface area (Å²) in [5, 5.41) is 1.98. The molecule has 0 aliphatic carbocycles. The third-order valence-electron chi connectivity index (χ3n) is 1.39. The van der Waals surface area contributed by atoms with Gasteiger partial charge in [-0.2, -0.15) is 0 Å². The van der Waals surface area contributed by atoms with Crippen LogP contribution in [0.3, 0.4) is 0 Å². The summed E-state index contributed by atoms with van der Waals surface area (Å²) in [5.41, 5.74) is 0. The number of hydrazine groups is 1. The summed E-state index contributed by atoms with van der Waals surface area (Å²) in [5.74, 6) is 0. The summed E-state index contributed by atoms with van der Waals surface area (Å²) in [6, 6.07) is 0. The standard InChI is InChI=1S/C6H19ClN2S2/c1-9(2)8-11(5,6)10(3,4)7/h8H,1-6H3. The molecule has 0 spiro atoms. The van der Waals surface area contributed by atoms with Gasteiger partial charge in [-0.1, -0.05) is 10.7 Å². The van der Waals surface area contributed by atoms with Gasteiger partial charge in [-0.3, -0.25) is 0 Å². The first-order valence-corrected chi connectivity index (χ1v) is 9.52. The predicted octanol–water partition coefficient (Wildman–Crippen LogP) is 2.16. The van der Waals surface area contributed by atoms with E-state index in [4.69, 9.17) is 10.7 Å². The smallest absolute Gasteiger partial charge is 0.00215 e. The molecule has 0 saturated heterocycles. The van der Waals surface area contributed by atoms with Crippen LogP contribution in [0.1, 0.15) is 0 Å². The summed E-state index contributed by atoms with van der Waals surface area (Å²) < 4.78 is 0. The lowest BCUT2D eigenvalue weighted by Gasteiger charge is -2.47. The number of nitrogens with one attached hydrogen (secondary N) is 1. The van der Waals surface area contributed by atoms with E-state index in [2.05, 4.69) is 29.9 Å². The van der Waals surface area contributed by atoms with Crippen LogP contribution in [0.4, 0.5) is 0 Å². The van der Waals surface area contributed by atoms with Crippen molar-refractivity contribution in [1.82, 2.24) is 9.84 Å². The van der Waals surface area contributed by atoms with Crippen LogP contribution in [0.2, 0.25) is 0 Å². The SMILES string of the molecule is CN(C)NS(C)(C)S(C)(C)Cl. The summed E-state index contributed by atoms with van der Waals surface area (Å²) >= 11 is 0. The third kappa shape index (κ3) is 3.90. The van der Waals surface area contributed by atoms with Crippen molar-refractivity contribution in [2.75, 3.05) is 39.1 Å². The Bertz CT molecular complexity index is 131. The maximum absolute atomic E-state index is 6.30. The van der Waals surface area contributed by atoms with Gasteiger partial charge in [0.25, 0.3) is 0 Å². The molecule has 2 nitrogen and oxygen atoms in total. The second-order valence-electron chi connectivity index (χ2n) is 3.33. The highest BCUT2D eigenvalue weighted by molar-refractivity contribution is 9.13. The molecular formula is C6H19ClN2S2. The Labute approximate surface area is 77.3 Å². The summed E-state index contributed by atoms with van der Waals surface area (Å²) in [6.07, 6.45) is 8.66. The highest BCUT2D eigenvalue weighted by atomic mass is 35.8. The van der Waals surface area contributed by atoms with E-state index in [9.17, 15) is 0 Å². The molecule has 72 valence electrons. The highest BCUT2D eigenvalue weighted by Gasteiger charge is 2.25. The molecule has 0 aromatic rings. The molecule has 0 unspecified atom stereocenters. The van der Waals surface area contributed by atoms with E-state index in [0.29, 0.717) is 0 Å². The van der Waals surface area contributed by atoms with Crippen LogP contribution in [0.15, 0.2) is 0 Å². The minimum atomic E-state index is -0.995. The Morgan fingerprint density at radius 1 is 1.09 bits per heavy atom. The fourth-order valence-corrected chi connectivity index (χ4v) is 2.82. The van der Waals surface area contributed by atoms with E-state index in [1.165, 1.54) is 0 Å². The highest BCUT2D eigenvalue weighted by Crippen LogP contribution is 2.74. The molecule has 0 heterocycles. The largest absolute Gasteiger partial charge is 0.242 e. The fraction of sp³-hybridized carbons (Fsp3) is 1.00. The lowest BCUT2D eigenvalue weighted by atomic mass is 11.2. The van der Waals surface area contributed by atoms with Gasteiger partial charge in [0.05, 0.1) is 0 Å². The van der Waals surface area contributed by atoms with Crippen LogP contribution in [-0.2, 0) is 0 Å². The van der Waals surface area contributed by atoms with Gasteiger partial charge in [0, 0.05) is 14.1 Å². The number of halogens is 1. The third-order valence-corrected chi connectivity index (χ3v) is 13.2. The van der Waals surface area contributed by atoms with Crippen molar-refractivity contribution >= 4 is 28.2 Å². The van der Waals surface area contributed by atoms with Crippen LogP contribution >= 0.6 is 28.2 Å². The van der Waals surface area contributed by atoms with Crippen LogP contribution in [0.5, 0.6) is 0 Å². The van der Waals surface area contributed by atoms with Gasteiger partial charge < -0.3 is 0 Å². The van der Waals surface area contributed by atoms with Crippen molar-refractivity contribution in [3.63, 3.8) is 0 Å². The minimum Gasteiger partial charge on any atom is -0.242 e. The first-order chi connectivity index (χ1) is 4.67. The second kappa shape index (κ2) is 3.75. The summed E-state index contributed by atoms with van der Waals surface area (Å²) in [4.78, 5) is 3.38. The quantitative estimate of drug-likeness (QED) is 0.577. The molecule has 0 fully saturated rings. The molecule has 0 atom stereocenters. The van der Waals surface area contributed by atoms with Crippen molar-refractivity contribution in [2.45, 2.75) is 0 Å². The van der Waals surface area contributed by atoms with Crippen molar-refractivity contribution in [3.05, 3.63) is 0 Å². The van der Waals surface area contributed by atoms with Gasteiger partial charge in [-0.15, -0.1) is 17.5 Å². The molecule has 0 radical (unpaired) electrons. The van der Waals surface area contributed by atoms with Gasteiger partial charge >= 0.3 is 0 Å². The summed E-state index contributed by atoms with van der Waals surface area (Å²) in [6.45, 7) is 0. The Morgan fingerprint density at radius 2 is 1.45 bits per heavy atom. The van der Waals surface area contributed by atoms with Gasteiger partial charge in [0.2, 0.25) is 0 Å². The Hall–Kier alpha value is 0.910. The van der Waals surface area contributed by atoms with Gasteiger partial charge in [-0.25, -0.2) is 9.84 Å². The van der Waals surface area contributed by atoms with Crippen LogP contribution in [-0.4, -0.2) is 44.1 Å². The van der Waals surface area contributed by atoms with E-state index in [-0.39, 0.29) is 0 Å². The molecule has 5 heteroatoms. The van der Waals surface area contributed by atoms with Crippen LogP contribution in [0, 0.1) is 0 Å². The Balaban J connectivity index is 4.22. The normalized spacial score (nSPS) is 17.1. The van der Waals surface area contributed by atoms with Gasteiger partial charge in [0.15, 0.2) is 0 Å². The van der Waals surface area contributed by atoms with E-state index >= 15 is 0 Å². The molecular weight excluding hydrogens is 200 g/mol. The molecule has 0 aromatic heterocycles. The Kier molecular flexibility index (Phi) is 4.06. The topological polar surface area (TPSA) is 15.3 Å². The predicted molar refractivity (Wildman–Crippen MR) is 61.6 cm³/mol. The maximum Gasteiger partial charge on any atom is 0.00215 e. The van der Waals surface area contributed by atoms with E-state index in [0.717, 1.165) is 0 Å². The molecule has 0 aliphatic heterocycles. The fourth-order valence-electron chi connectivity index (χ4n) is 0.528. The van der Waals surface area contributed by atoms with Crippen molar-refractivity contribution < 1.29 is 0 Å². The molecule has 1 N–H and O–H groups in total. The first kappa shape index (κ1) is 11.9. The van der Waals surface area contributed by atoms with E-state index in [1.807, 2.05) is 19.1 Å². The van der Waals surface area contributed by atoms with E-state index < -0.39 is 17.5 Å². The van der Waals surface area contributed by atoms with Crippen molar-refractivity contribution in [1.29, 1.82) is 0 Å². The first-order valence-electron chi connectivity index (χ1n) is 3.28. The summed E-state index contributed by atoms with van der Waals surface area (Å²) in [7, 11) is 8.43. The zero-order chi connectivity index (χ0) is 9.28. The molecule has 0 aromatic carbocycles. The Morgan fingerprint density at radius 3 is 1.55 bits per heavy atom.